The molecule has 0 aromatic carbocycles. The first-order valence-electron chi connectivity index (χ1n) is 4.33. The van der Waals surface area contributed by atoms with Crippen molar-refractivity contribution in [1.82, 2.24) is 4.98 Å². The van der Waals surface area contributed by atoms with Gasteiger partial charge in [-0.3, -0.25) is 4.98 Å². The smallest absolute Gasteiger partial charge is 0.0410 e. The van der Waals surface area contributed by atoms with Crippen molar-refractivity contribution in [3.63, 3.8) is 0 Å². The summed E-state index contributed by atoms with van der Waals surface area (Å²) in [6.07, 6.45) is 4.66. The fourth-order valence-corrected chi connectivity index (χ4v) is 1.60. The van der Waals surface area contributed by atoms with Crippen molar-refractivity contribution in [3.05, 3.63) is 28.5 Å². The van der Waals surface area contributed by atoms with E-state index in [1.54, 1.807) is 6.20 Å². The summed E-state index contributed by atoms with van der Waals surface area (Å²) < 4.78 is 1.03. The van der Waals surface area contributed by atoms with Gasteiger partial charge in [0.25, 0.3) is 0 Å². The van der Waals surface area contributed by atoms with Gasteiger partial charge < -0.3 is 0 Å². The lowest BCUT2D eigenvalue weighted by atomic mass is 10.00. The Hall–Kier alpha value is -0.0800. The van der Waals surface area contributed by atoms with Crippen LogP contribution in [0.25, 0.3) is 0 Å². The second kappa shape index (κ2) is 4.97. The van der Waals surface area contributed by atoms with Crippen LogP contribution in [0.15, 0.2) is 22.9 Å². The van der Waals surface area contributed by atoms with Crippen LogP contribution in [-0.2, 0) is 6.42 Å². The average Bonchev–Trinajstić information content (AvgIpc) is 2.04. The fourth-order valence-electron chi connectivity index (χ4n) is 1.10. The highest BCUT2D eigenvalue weighted by Crippen LogP contribution is 2.17. The molecule has 0 radical (unpaired) electrons. The highest BCUT2D eigenvalue weighted by atomic mass is 79.9. The summed E-state index contributed by atoms with van der Waals surface area (Å²) in [5.74, 6) is 0.484. The Morgan fingerprint density at radius 3 is 2.69 bits per heavy atom. The summed E-state index contributed by atoms with van der Waals surface area (Å²) in [5, 5.41) is 0.207. The van der Waals surface area contributed by atoms with Crippen molar-refractivity contribution in [2.45, 2.75) is 25.6 Å². The molecule has 0 saturated heterocycles. The molecule has 0 N–H and O–H groups in total. The molecule has 1 aromatic rings. The topological polar surface area (TPSA) is 12.9 Å². The molecule has 0 fully saturated rings. The van der Waals surface area contributed by atoms with Gasteiger partial charge in [0.15, 0.2) is 0 Å². The highest BCUT2D eigenvalue weighted by Gasteiger charge is 2.09. The van der Waals surface area contributed by atoms with E-state index in [4.69, 9.17) is 11.6 Å². The van der Waals surface area contributed by atoms with Crippen molar-refractivity contribution in [2.24, 2.45) is 5.92 Å². The molecule has 1 aromatic heterocycles. The van der Waals surface area contributed by atoms with E-state index < -0.39 is 0 Å². The summed E-state index contributed by atoms with van der Waals surface area (Å²) in [4.78, 5) is 4.11. The third-order valence-electron chi connectivity index (χ3n) is 2.10. The van der Waals surface area contributed by atoms with Gasteiger partial charge in [-0.1, -0.05) is 6.92 Å². The first-order chi connectivity index (χ1) is 6.09. The van der Waals surface area contributed by atoms with Gasteiger partial charge in [-0.05, 0) is 46.8 Å². The number of rotatable bonds is 3. The molecule has 0 amide bonds. The molecule has 0 bridgehead atoms. The zero-order chi connectivity index (χ0) is 9.84. The van der Waals surface area contributed by atoms with Gasteiger partial charge in [0.1, 0.15) is 0 Å². The minimum atomic E-state index is 0.207. The Bertz CT molecular complexity index is 275. The van der Waals surface area contributed by atoms with Crippen LogP contribution < -0.4 is 0 Å². The monoisotopic (exact) mass is 261 g/mol. The summed E-state index contributed by atoms with van der Waals surface area (Å²) in [5.41, 5.74) is 1.23. The normalized spacial score (nSPS) is 15.4. The Kier molecular flexibility index (Phi) is 4.20. The van der Waals surface area contributed by atoms with E-state index >= 15 is 0 Å². The van der Waals surface area contributed by atoms with Crippen molar-refractivity contribution in [2.75, 3.05) is 0 Å². The largest absolute Gasteiger partial charge is 0.263 e. The van der Waals surface area contributed by atoms with Crippen molar-refractivity contribution in [1.29, 1.82) is 0 Å². The summed E-state index contributed by atoms with van der Waals surface area (Å²) in [6, 6.07) is 2.09. The molecule has 0 aliphatic heterocycles. The lowest BCUT2D eigenvalue weighted by molar-refractivity contribution is 0.567. The van der Waals surface area contributed by atoms with Gasteiger partial charge in [0.05, 0.1) is 0 Å². The lowest BCUT2D eigenvalue weighted by Crippen LogP contribution is -2.10. The zero-order valence-electron chi connectivity index (χ0n) is 7.80. The zero-order valence-corrected chi connectivity index (χ0v) is 10.1. The first kappa shape index (κ1) is 11.0. The average molecular weight is 263 g/mol. The maximum absolute atomic E-state index is 5.99. The third kappa shape index (κ3) is 3.65. The first-order valence-corrected chi connectivity index (χ1v) is 5.56. The van der Waals surface area contributed by atoms with Crippen LogP contribution in [0, 0.1) is 5.92 Å². The SMILES string of the molecule is CC(Cl)C(C)Cc1cncc(Br)c1. The Labute approximate surface area is 92.6 Å². The number of alkyl halides is 1. The number of aromatic nitrogens is 1. The van der Waals surface area contributed by atoms with Gasteiger partial charge >= 0.3 is 0 Å². The second-order valence-electron chi connectivity index (χ2n) is 3.37. The highest BCUT2D eigenvalue weighted by molar-refractivity contribution is 9.10. The molecule has 0 spiro atoms. The molecule has 13 heavy (non-hydrogen) atoms. The number of halogens is 2. The maximum atomic E-state index is 5.99. The van der Waals surface area contributed by atoms with Crippen LogP contribution in [0.1, 0.15) is 19.4 Å². The van der Waals surface area contributed by atoms with Crippen LogP contribution in [0.5, 0.6) is 0 Å². The molecule has 0 saturated carbocycles. The van der Waals surface area contributed by atoms with Gasteiger partial charge in [0.2, 0.25) is 0 Å². The number of nitrogens with zero attached hydrogens (tertiary/aromatic N) is 1. The summed E-state index contributed by atoms with van der Waals surface area (Å²) >= 11 is 9.38. The minimum Gasteiger partial charge on any atom is -0.263 e. The van der Waals surface area contributed by atoms with Gasteiger partial charge in [-0.2, -0.15) is 0 Å². The number of hydrogen-bond acceptors (Lipinski definition) is 1. The van der Waals surface area contributed by atoms with Crippen LogP contribution in [0.4, 0.5) is 0 Å². The predicted octanol–water partition coefficient (Wildman–Crippen LogP) is 3.65. The van der Waals surface area contributed by atoms with E-state index in [2.05, 4.69) is 33.9 Å². The molecular weight excluding hydrogens is 249 g/mol. The van der Waals surface area contributed by atoms with E-state index in [9.17, 15) is 0 Å². The summed E-state index contributed by atoms with van der Waals surface area (Å²) in [7, 11) is 0. The van der Waals surface area contributed by atoms with E-state index in [0.717, 1.165) is 10.9 Å². The van der Waals surface area contributed by atoms with Crippen LogP contribution in [-0.4, -0.2) is 10.4 Å². The molecular formula is C10H13BrClN. The molecule has 1 rings (SSSR count). The fraction of sp³-hybridized carbons (Fsp3) is 0.500. The second-order valence-corrected chi connectivity index (χ2v) is 4.97. The van der Waals surface area contributed by atoms with Crippen LogP contribution in [0.2, 0.25) is 0 Å². The van der Waals surface area contributed by atoms with Crippen molar-refractivity contribution < 1.29 is 0 Å². The summed E-state index contributed by atoms with van der Waals surface area (Å²) in [6.45, 7) is 4.18. The van der Waals surface area contributed by atoms with E-state index in [1.807, 2.05) is 13.1 Å². The molecule has 1 nitrogen and oxygen atoms in total. The Morgan fingerprint density at radius 2 is 2.15 bits per heavy atom. The van der Waals surface area contributed by atoms with E-state index in [0.29, 0.717) is 5.92 Å². The maximum Gasteiger partial charge on any atom is 0.0410 e. The number of pyridine rings is 1. The quantitative estimate of drug-likeness (QED) is 0.758. The molecule has 1 heterocycles. The third-order valence-corrected chi connectivity index (χ3v) is 2.97. The standard InChI is InChI=1S/C10H13BrClN/c1-7(8(2)12)3-9-4-10(11)6-13-5-9/h4-8H,3H2,1-2H3. The molecule has 0 aliphatic rings. The van der Waals surface area contributed by atoms with Crippen LogP contribution in [0.3, 0.4) is 0 Å². The van der Waals surface area contributed by atoms with Crippen LogP contribution >= 0.6 is 27.5 Å². The van der Waals surface area contributed by atoms with Crippen molar-refractivity contribution >= 4 is 27.5 Å². The molecule has 2 unspecified atom stereocenters. The van der Waals surface area contributed by atoms with Gasteiger partial charge in [0, 0.05) is 22.2 Å². The minimum absolute atomic E-state index is 0.207. The Balaban J connectivity index is 2.64. The van der Waals surface area contributed by atoms with Crippen molar-refractivity contribution in [3.8, 4) is 0 Å². The predicted molar refractivity (Wildman–Crippen MR) is 60.1 cm³/mol. The van der Waals surface area contributed by atoms with E-state index in [-0.39, 0.29) is 5.38 Å². The molecule has 3 heteroatoms. The number of hydrogen-bond donors (Lipinski definition) is 0. The van der Waals surface area contributed by atoms with E-state index in [1.165, 1.54) is 5.56 Å². The molecule has 2 atom stereocenters. The molecule has 72 valence electrons. The Morgan fingerprint density at radius 1 is 1.46 bits per heavy atom. The lowest BCUT2D eigenvalue weighted by Gasteiger charge is -2.13. The van der Waals surface area contributed by atoms with Gasteiger partial charge in [-0.15, -0.1) is 11.6 Å². The molecule has 0 aliphatic carbocycles. The van der Waals surface area contributed by atoms with Gasteiger partial charge in [-0.25, -0.2) is 0 Å².